The van der Waals surface area contributed by atoms with Crippen LogP contribution in [0.3, 0.4) is 0 Å². The van der Waals surface area contributed by atoms with Gasteiger partial charge in [-0.2, -0.15) is 4.31 Å². The fraction of sp³-hybridized carbons (Fsp3) is 0.462. The smallest absolute Gasteiger partial charge is 0.244 e. The van der Waals surface area contributed by atoms with Crippen molar-refractivity contribution in [2.45, 2.75) is 16.7 Å². The van der Waals surface area contributed by atoms with Crippen LogP contribution >= 0.6 is 0 Å². The van der Waals surface area contributed by atoms with Crippen molar-refractivity contribution in [3.8, 4) is 0 Å². The van der Waals surface area contributed by atoms with Crippen molar-refractivity contribution in [2.24, 2.45) is 0 Å². The number of benzene rings is 1. The monoisotopic (exact) mass is 348 g/mol. The number of amides is 1. The molecule has 0 bridgehead atoms. The van der Waals surface area contributed by atoms with Gasteiger partial charge in [-0.3, -0.25) is 4.79 Å². The maximum atomic E-state index is 12.7. The van der Waals surface area contributed by atoms with E-state index in [1.165, 1.54) is 43.3 Å². The molecule has 0 aromatic heterocycles. The Balaban J connectivity index is 3.38. The first kappa shape index (κ1) is 18.6. The molecular formula is C13H20N2O5S2. The highest BCUT2D eigenvalue weighted by molar-refractivity contribution is 7.93. The summed E-state index contributed by atoms with van der Waals surface area (Å²) in [5.74, 6) is -0.387. The quantitative estimate of drug-likeness (QED) is 0.732. The lowest BCUT2D eigenvalue weighted by Gasteiger charge is -2.22. The number of likely N-dealkylation sites (N-methyl/N-ethyl adjacent to an activating group) is 2. The molecule has 0 aliphatic carbocycles. The Morgan fingerprint density at radius 3 is 1.95 bits per heavy atom. The normalized spacial score (nSPS) is 12.4. The Labute approximate surface area is 131 Å². The Hall–Kier alpha value is -1.45. The predicted octanol–water partition coefficient (Wildman–Crippen LogP) is 0.189. The van der Waals surface area contributed by atoms with E-state index in [1.807, 2.05) is 0 Å². The van der Waals surface area contributed by atoms with E-state index in [4.69, 9.17) is 0 Å². The number of sulfone groups is 1. The Bertz CT molecular complexity index is 754. The molecule has 0 N–H and O–H groups in total. The molecule has 1 rings (SSSR count). The summed E-state index contributed by atoms with van der Waals surface area (Å²) in [6.07, 6.45) is 0.947. The predicted molar refractivity (Wildman–Crippen MR) is 82.7 cm³/mol. The Morgan fingerprint density at radius 1 is 1.05 bits per heavy atom. The summed E-state index contributed by atoms with van der Waals surface area (Å²) in [7, 11) is -4.75. The summed E-state index contributed by atoms with van der Waals surface area (Å²) in [6.45, 7) is 1.30. The van der Waals surface area contributed by atoms with Crippen LogP contribution in [0.2, 0.25) is 0 Å². The molecule has 0 aliphatic heterocycles. The van der Waals surface area contributed by atoms with Gasteiger partial charge in [0.05, 0.1) is 11.4 Å². The van der Waals surface area contributed by atoms with E-state index < -0.39 is 19.9 Å². The summed E-state index contributed by atoms with van der Waals surface area (Å²) in [5, 5.41) is 0. The molecule has 1 aromatic rings. The van der Waals surface area contributed by atoms with E-state index in [9.17, 15) is 21.6 Å². The van der Waals surface area contributed by atoms with E-state index >= 15 is 0 Å². The first-order chi connectivity index (χ1) is 10.0. The van der Waals surface area contributed by atoms with Crippen LogP contribution in [0.4, 0.5) is 0 Å². The molecule has 1 aromatic carbocycles. The lowest BCUT2D eigenvalue weighted by Crippen LogP contribution is -2.40. The van der Waals surface area contributed by atoms with Crippen molar-refractivity contribution in [1.29, 1.82) is 0 Å². The lowest BCUT2D eigenvalue weighted by molar-refractivity contribution is -0.128. The molecule has 0 spiro atoms. The van der Waals surface area contributed by atoms with Crippen molar-refractivity contribution in [1.82, 2.24) is 9.21 Å². The topological polar surface area (TPSA) is 91.8 Å². The minimum absolute atomic E-state index is 0.0556. The first-order valence-corrected chi connectivity index (χ1v) is 9.84. The molecule has 0 unspecified atom stereocenters. The van der Waals surface area contributed by atoms with Crippen LogP contribution in [-0.4, -0.2) is 65.4 Å². The molecule has 124 valence electrons. The van der Waals surface area contributed by atoms with E-state index in [0.29, 0.717) is 0 Å². The van der Waals surface area contributed by atoms with Crippen LogP contribution in [0.1, 0.15) is 6.92 Å². The van der Waals surface area contributed by atoms with Crippen molar-refractivity contribution in [3.63, 3.8) is 0 Å². The zero-order valence-corrected chi connectivity index (χ0v) is 14.6. The van der Waals surface area contributed by atoms with Crippen LogP contribution in [0.25, 0.3) is 0 Å². The van der Waals surface area contributed by atoms with Gasteiger partial charge in [0.2, 0.25) is 15.9 Å². The van der Waals surface area contributed by atoms with Crippen LogP contribution in [0.5, 0.6) is 0 Å². The Kier molecular flexibility index (Phi) is 5.71. The third kappa shape index (κ3) is 4.05. The van der Waals surface area contributed by atoms with Crippen molar-refractivity contribution >= 4 is 25.8 Å². The minimum Gasteiger partial charge on any atom is -0.348 e. The zero-order chi connectivity index (χ0) is 17.1. The number of carbonyl (C=O) groups is 1. The van der Waals surface area contributed by atoms with Gasteiger partial charge in [0.25, 0.3) is 0 Å². The van der Waals surface area contributed by atoms with Gasteiger partial charge in [0.1, 0.15) is 4.90 Å². The molecule has 0 saturated heterocycles. The Morgan fingerprint density at radius 2 is 1.55 bits per heavy atom. The van der Waals surface area contributed by atoms with Gasteiger partial charge in [0.15, 0.2) is 9.84 Å². The number of hydrogen-bond acceptors (Lipinski definition) is 5. The summed E-state index contributed by atoms with van der Waals surface area (Å²) in [6, 6.07) is 5.37. The molecule has 22 heavy (non-hydrogen) atoms. The third-order valence-electron chi connectivity index (χ3n) is 3.03. The average Bonchev–Trinajstić information content (AvgIpc) is 2.43. The number of rotatable bonds is 6. The molecule has 0 aliphatic rings. The molecule has 7 nitrogen and oxygen atoms in total. The zero-order valence-electron chi connectivity index (χ0n) is 13.0. The minimum atomic E-state index is -4.09. The summed E-state index contributed by atoms with van der Waals surface area (Å²) in [4.78, 5) is 12.5. The molecule has 0 fully saturated rings. The molecule has 0 radical (unpaired) electrons. The van der Waals surface area contributed by atoms with Gasteiger partial charge in [-0.25, -0.2) is 16.8 Å². The van der Waals surface area contributed by atoms with Gasteiger partial charge in [-0.05, 0) is 12.1 Å². The summed E-state index contributed by atoms with van der Waals surface area (Å²) >= 11 is 0. The fourth-order valence-corrected chi connectivity index (χ4v) is 4.77. The maximum absolute atomic E-state index is 12.7. The van der Waals surface area contributed by atoms with Gasteiger partial charge >= 0.3 is 0 Å². The highest BCUT2D eigenvalue weighted by atomic mass is 32.2. The van der Waals surface area contributed by atoms with Crippen LogP contribution in [0.15, 0.2) is 34.1 Å². The molecule has 9 heteroatoms. The number of sulfonamides is 1. The van der Waals surface area contributed by atoms with E-state index in [2.05, 4.69) is 0 Å². The number of hydrogen-bond donors (Lipinski definition) is 0. The van der Waals surface area contributed by atoms with Crippen molar-refractivity contribution in [3.05, 3.63) is 24.3 Å². The van der Waals surface area contributed by atoms with Crippen LogP contribution in [0, 0.1) is 0 Å². The van der Waals surface area contributed by atoms with E-state index in [1.54, 1.807) is 6.92 Å². The summed E-state index contributed by atoms with van der Waals surface area (Å²) in [5.41, 5.74) is 0. The van der Waals surface area contributed by atoms with Gasteiger partial charge in [-0.15, -0.1) is 0 Å². The fourth-order valence-electron chi connectivity index (χ4n) is 1.77. The second-order valence-electron chi connectivity index (χ2n) is 4.94. The third-order valence-corrected chi connectivity index (χ3v) is 6.29. The molecule has 0 saturated carbocycles. The number of nitrogens with zero attached hydrogens (tertiary/aromatic N) is 2. The second kappa shape index (κ2) is 6.76. The van der Waals surface area contributed by atoms with E-state index in [-0.39, 0.29) is 28.8 Å². The van der Waals surface area contributed by atoms with Gasteiger partial charge < -0.3 is 4.90 Å². The largest absolute Gasteiger partial charge is 0.348 e. The number of carbonyl (C=O) groups excluding carboxylic acids is 1. The van der Waals surface area contributed by atoms with Gasteiger partial charge in [0, 0.05) is 26.9 Å². The maximum Gasteiger partial charge on any atom is 0.244 e. The molecule has 1 amide bonds. The summed E-state index contributed by atoms with van der Waals surface area (Å²) < 4.78 is 49.9. The van der Waals surface area contributed by atoms with Crippen LogP contribution in [-0.2, 0) is 24.7 Å². The molecule has 0 atom stereocenters. The lowest BCUT2D eigenvalue weighted by atomic mass is 10.4. The molecular weight excluding hydrogens is 328 g/mol. The first-order valence-electron chi connectivity index (χ1n) is 6.51. The highest BCUT2D eigenvalue weighted by Crippen LogP contribution is 2.24. The second-order valence-corrected chi connectivity index (χ2v) is 8.83. The van der Waals surface area contributed by atoms with Gasteiger partial charge in [-0.1, -0.05) is 19.1 Å². The van der Waals surface area contributed by atoms with Crippen molar-refractivity contribution < 1.29 is 21.6 Å². The van der Waals surface area contributed by atoms with Crippen molar-refractivity contribution in [2.75, 3.05) is 33.4 Å². The van der Waals surface area contributed by atoms with Crippen LogP contribution < -0.4 is 0 Å². The SMILES string of the molecule is CCN(CC(=O)N(C)C)S(=O)(=O)c1ccccc1S(C)(=O)=O. The average molecular weight is 348 g/mol. The standard InChI is InChI=1S/C13H20N2O5S2/c1-5-15(10-13(16)14(2)3)22(19,20)12-9-7-6-8-11(12)21(4,17)18/h6-9H,5,10H2,1-4H3. The van der Waals surface area contributed by atoms with E-state index in [0.717, 1.165) is 10.6 Å². The highest BCUT2D eigenvalue weighted by Gasteiger charge is 2.30. The molecule has 0 heterocycles.